The van der Waals surface area contributed by atoms with Gasteiger partial charge in [0, 0.05) is 19.6 Å². The molecule has 1 saturated heterocycles. The second-order valence-corrected chi connectivity index (χ2v) is 8.38. The van der Waals surface area contributed by atoms with Crippen LogP contribution in [0.25, 0.3) is 0 Å². The summed E-state index contributed by atoms with van der Waals surface area (Å²) in [5, 5.41) is -0.167. The zero-order chi connectivity index (χ0) is 15.6. The monoisotopic (exact) mass is 324 g/mol. The van der Waals surface area contributed by atoms with Gasteiger partial charge in [0.05, 0.1) is 5.25 Å². The molecule has 3 rings (SSSR count). The Balaban J connectivity index is 1.49. The van der Waals surface area contributed by atoms with Crippen molar-refractivity contribution in [1.29, 1.82) is 0 Å². The van der Waals surface area contributed by atoms with Crippen molar-refractivity contribution >= 4 is 10.0 Å². The van der Waals surface area contributed by atoms with Crippen molar-refractivity contribution < 1.29 is 13.2 Å². The van der Waals surface area contributed by atoms with E-state index in [1.54, 1.807) is 0 Å². The van der Waals surface area contributed by atoms with Crippen molar-refractivity contribution in [3.8, 4) is 5.75 Å². The van der Waals surface area contributed by atoms with Gasteiger partial charge in [-0.25, -0.2) is 13.1 Å². The summed E-state index contributed by atoms with van der Waals surface area (Å²) in [5.74, 6) is 0.864. The molecule has 2 aliphatic rings. The SMILES string of the molecule is CN1CCC(Oc2ccc(CNS(=O)(=O)C3CC3)cc2)CC1. The summed E-state index contributed by atoms with van der Waals surface area (Å²) >= 11 is 0. The lowest BCUT2D eigenvalue weighted by atomic mass is 10.1. The van der Waals surface area contributed by atoms with Crippen LogP contribution in [0.15, 0.2) is 24.3 Å². The second-order valence-electron chi connectivity index (χ2n) is 6.33. The first kappa shape index (κ1) is 15.8. The first-order valence-corrected chi connectivity index (χ1v) is 9.50. The minimum absolute atomic E-state index is 0.167. The summed E-state index contributed by atoms with van der Waals surface area (Å²) in [7, 11) is -0.977. The van der Waals surface area contributed by atoms with Gasteiger partial charge in [-0.15, -0.1) is 0 Å². The van der Waals surface area contributed by atoms with E-state index in [-0.39, 0.29) is 11.4 Å². The molecule has 1 aliphatic heterocycles. The third-order valence-corrected chi connectivity index (χ3v) is 6.23. The molecule has 0 atom stereocenters. The van der Waals surface area contributed by atoms with E-state index in [0.717, 1.165) is 50.1 Å². The molecular formula is C16H24N2O3S. The average molecular weight is 324 g/mol. The first-order valence-electron chi connectivity index (χ1n) is 7.95. The van der Waals surface area contributed by atoms with Crippen LogP contribution in [0.1, 0.15) is 31.2 Å². The van der Waals surface area contributed by atoms with Crippen molar-refractivity contribution in [2.24, 2.45) is 0 Å². The van der Waals surface area contributed by atoms with Crippen molar-refractivity contribution in [2.75, 3.05) is 20.1 Å². The fourth-order valence-corrected chi connectivity index (χ4v) is 4.02. The minimum Gasteiger partial charge on any atom is -0.490 e. The largest absolute Gasteiger partial charge is 0.490 e. The van der Waals surface area contributed by atoms with E-state index in [1.807, 2.05) is 24.3 Å². The van der Waals surface area contributed by atoms with E-state index in [1.165, 1.54) is 0 Å². The number of benzene rings is 1. The molecule has 0 unspecified atom stereocenters. The summed E-state index contributed by atoms with van der Waals surface area (Å²) in [6.07, 6.45) is 3.98. The molecule has 22 heavy (non-hydrogen) atoms. The van der Waals surface area contributed by atoms with Crippen LogP contribution in [0.2, 0.25) is 0 Å². The Hall–Kier alpha value is -1.11. The maximum atomic E-state index is 11.8. The number of ether oxygens (including phenoxy) is 1. The van der Waals surface area contributed by atoms with Gasteiger partial charge in [0.2, 0.25) is 10.0 Å². The Morgan fingerprint density at radius 3 is 2.36 bits per heavy atom. The molecular weight excluding hydrogens is 300 g/mol. The van der Waals surface area contributed by atoms with Crippen molar-refractivity contribution in [1.82, 2.24) is 9.62 Å². The van der Waals surface area contributed by atoms with E-state index < -0.39 is 10.0 Å². The number of rotatable bonds is 6. The minimum atomic E-state index is -3.11. The highest BCUT2D eigenvalue weighted by Crippen LogP contribution is 2.27. The first-order chi connectivity index (χ1) is 10.5. The second kappa shape index (κ2) is 6.56. The van der Waals surface area contributed by atoms with Crippen LogP contribution in [0, 0.1) is 0 Å². The number of hydrogen-bond donors (Lipinski definition) is 1. The van der Waals surface area contributed by atoms with Gasteiger partial charge in [-0.05, 0) is 50.4 Å². The number of likely N-dealkylation sites (tertiary alicyclic amines) is 1. The van der Waals surface area contributed by atoms with Crippen LogP contribution in [-0.2, 0) is 16.6 Å². The van der Waals surface area contributed by atoms with Gasteiger partial charge in [-0.2, -0.15) is 0 Å². The normalized spacial score (nSPS) is 21.0. The smallest absolute Gasteiger partial charge is 0.214 e. The number of nitrogens with zero attached hydrogens (tertiary/aromatic N) is 1. The van der Waals surface area contributed by atoms with Gasteiger partial charge < -0.3 is 9.64 Å². The van der Waals surface area contributed by atoms with E-state index in [0.29, 0.717) is 6.54 Å². The van der Waals surface area contributed by atoms with Crippen LogP contribution < -0.4 is 9.46 Å². The summed E-state index contributed by atoms with van der Waals surface area (Å²) < 4.78 is 32.2. The summed E-state index contributed by atoms with van der Waals surface area (Å²) in [5.41, 5.74) is 0.958. The molecule has 1 aromatic rings. The topological polar surface area (TPSA) is 58.6 Å². The molecule has 0 bridgehead atoms. The van der Waals surface area contributed by atoms with Gasteiger partial charge in [-0.1, -0.05) is 12.1 Å². The number of nitrogens with one attached hydrogen (secondary N) is 1. The Kier molecular flexibility index (Phi) is 4.70. The van der Waals surface area contributed by atoms with E-state index in [4.69, 9.17) is 4.74 Å². The molecule has 2 fully saturated rings. The van der Waals surface area contributed by atoms with Crippen molar-refractivity contribution in [2.45, 2.75) is 43.6 Å². The van der Waals surface area contributed by atoms with E-state index in [2.05, 4.69) is 16.7 Å². The molecule has 1 saturated carbocycles. The highest BCUT2D eigenvalue weighted by atomic mass is 32.2. The third kappa shape index (κ3) is 4.21. The van der Waals surface area contributed by atoms with Crippen molar-refractivity contribution in [3.63, 3.8) is 0 Å². The average Bonchev–Trinajstić information content (AvgIpc) is 3.34. The van der Waals surface area contributed by atoms with E-state index >= 15 is 0 Å². The number of piperidine rings is 1. The Bertz CT molecular complexity index is 588. The molecule has 0 aromatic heterocycles. The lowest BCUT2D eigenvalue weighted by Crippen LogP contribution is -2.35. The zero-order valence-electron chi connectivity index (χ0n) is 13.0. The van der Waals surface area contributed by atoms with Crippen molar-refractivity contribution in [3.05, 3.63) is 29.8 Å². The third-order valence-electron chi connectivity index (χ3n) is 4.33. The van der Waals surface area contributed by atoms with Crippen LogP contribution in [0.4, 0.5) is 0 Å². The fourth-order valence-electron chi connectivity index (χ4n) is 2.66. The predicted octanol–water partition coefficient (Wildman–Crippen LogP) is 1.74. The van der Waals surface area contributed by atoms with Gasteiger partial charge in [0.15, 0.2) is 0 Å². The zero-order valence-corrected chi connectivity index (χ0v) is 13.8. The fraction of sp³-hybridized carbons (Fsp3) is 0.625. The number of sulfonamides is 1. The molecule has 0 radical (unpaired) electrons. The summed E-state index contributed by atoms with van der Waals surface area (Å²) in [4.78, 5) is 2.31. The number of hydrogen-bond acceptors (Lipinski definition) is 4. The highest BCUT2D eigenvalue weighted by molar-refractivity contribution is 7.90. The lowest BCUT2D eigenvalue weighted by Gasteiger charge is -2.29. The van der Waals surface area contributed by atoms with Crippen LogP contribution in [0.5, 0.6) is 5.75 Å². The van der Waals surface area contributed by atoms with Crippen LogP contribution in [-0.4, -0.2) is 44.8 Å². The van der Waals surface area contributed by atoms with Gasteiger partial charge in [-0.3, -0.25) is 0 Å². The predicted molar refractivity (Wildman–Crippen MR) is 86.4 cm³/mol. The molecule has 122 valence electrons. The molecule has 1 aliphatic carbocycles. The summed E-state index contributed by atoms with van der Waals surface area (Å²) in [6.45, 7) is 2.50. The lowest BCUT2D eigenvalue weighted by molar-refractivity contribution is 0.114. The van der Waals surface area contributed by atoms with Gasteiger partial charge in [0.1, 0.15) is 11.9 Å². The summed E-state index contributed by atoms with van der Waals surface area (Å²) in [6, 6.07) is 7.72. The Labute approximate surface area is 132 Å². The maximum absolute atomic E-state index is 11.8. The molecule has 0 amide bonds. The molecule has 5 nitrogen and oxygen atoms in total. The molecule has 6 heteroatoms. The Morgan fingerprint density at radius 1 is 1.14 bits per heavy atom. The standard InChI is InChI=1S/C16H24N2O3S/c1-18-10-8-15(9-11-18)21-14-4-2-13(3-5-14)12-17-22(19,20)16-6-7-16/h2-5,15-17H,6-12H2,1H3. The van der Waals surface area contributed by atoms with Crippen LogP contribution >= 0.6 is 0 Å². The van der Waals surface area contributed by atoms with E-state index in [9.17, 15) is 8.42 Å². The molecule has 0 spiro atoms. The Morgan fingerprint density at radius 2 is 1.77 bits per heavy atom. The van der Waals surface area contributed by atoms with Crippen LogP contribution in [0.3, 0.4) is 0 Å². The molecule has 1 N–H and O–H groups in total. The molecule has 1 aromatic carbocycles. The quantitative estimate of drug-likeness (QED) is 0.866. The van der Waals surface area contributed by atoms with Gasteiger partial charge in [0.25, 0.3) is 0 Å². The van der Waals surface area contributed by atoms with Gasteiger partial charge >= 0.3 is 0 Å². The highest BCUT2D eigenvalue weighted by Gasteiger charge is 2.35. The molecule has 1 heterocycles. The maximum Gasteiger partial charge on any atom is 0.214 e.